The third kappa shape index (κ3) is 5.33. The predicted octanol–water partition coefficient (Wildman–Crippen LogP) is 5.49. The molecule has 1 amide bonds. The standard InChI is InChI=1S/C22H20Cl4N4O2/c23-16-3-1-4-17(24)15(16)13-28-9-11-29(12-10-28)22(31)20-7-8-30(27-20)14-32-21-18(25)5-2-6-19(21)26/h1-8H,9-14H2. The Morgan fingerprint density at radius 1 is 0.875 bits per heavy atom. The van der Waals surface area contributed by atoms with E-state index in [1.165, 1.54) is 4.68 Å². The number of para-hydroxylation sites is 1. The van der Waals surface area contributed by atoms with Crippen molar-refractivity contribution in [2.24, 2.45) is 0 Å². The highest BCUT2D eigenvalue weighted by Gasteiger charge is 2.24. The van der Waals surface area contributed by atoms with Crippen molar-refractivity contribution in [3.05, 3.63) is 80.0 Å². The van der Waals surface area contributed by atoms with Crippen molar-refractivity contribution in [2.75, 3.05) is 26.2 Å². The Morgan fingerprint density at radius 3 is 2.09 bits per heavy atom. The minimum absolute atomic E-state index is 0.0864. The Morgan fingerprint density at radius 2 is 1.47 bits per heavy atom. The van der Waals surface area contributed by atoms with Crippen LogP contribution < -0.4 is 4.74 Å². The number of ether oxygens (including phenoxy) is 1. The Labute approximate surface area is 206 Å². The van der Waals surface area contributed by atoms with Crippen molar-refractivity contribution < 1.29 is 9.53 Å². The predicted molar refractivity (Wildman–Crippen MR) is 127 cm³/mol. The molecule has 4 rings (SSSR count). The van der Waals surface area contributed by atoms with Gasteiger partial charge in [-0.2, -0.15) is 5.10 Å². The van der Waals surface area contributed by atoms with Crippen LogP contribution in [0.15, 0.2) is 48.7 Å². The number of aromatic nitrogens is 2. The van der Waals surface area contributed by atoms with Gasteiger partial charge in [-0.05, 0) is 30.3 Å². The summed E-state index contributed by atoms with van der Waals surface area (Å²) in [7, 11) is 0. The number of carbonyl (C=O) groups excluding carboxylic acids is 1. The molecule has 1 aliphatic heterocycles. The zero-order valence-corrected chi connectivity index (χ0v) is 20.0. The Hall–Kier alpha value is -1.96. The molecule has 0 unspecified atom stereocenters. The number of benzene rings is 2. The van der Waals surface area contributed by atoms with Crippen LogP contribution in [0, 0.1) is 0 Å². The minimum atomic E-state index is -0.116. The number of carbonyl (C=O) groups is 1. The summed E-state index contributed by atoms with van der Waals surface area (Å²) < 4.78 is 7.20. The number of hydrogen-bond donors (Lipinski definition) is 0. The van der Waals surface area contributed by atoms with E-state index < -0.39 is 0 Å². The maximum atomic E-state index is 12.9. The van der Waals surface area contributed by atoms with Gasteiger partial charge in [0.05, 0.1) is 10.0 Å². The molecule has 0 atom stereocenters. The van der Waals surface area contributed by atoms with Crippen LogP contribution in [0.1, 0.15) is 16.1 Å². The number of rotatable bonds is 6. The van der Waals surface area contributed by atoms with E-state index in [0.29, 0.717) is 51.2 Å². The van der Waals surface area contributed by atoms with E-state index in [2.05, 4.69) is 10.00 Å². The molecule has 10 heteroatoms. The molecular formula is C22H20Cl4N4O2. The van der Waals surface area contributed by atoms with Crippen LogP contribution >= 0.6 is 46.4 Å². The summed E-state index contributed by atoms with van der Waals surface area (Å²) in [5.41, 5.74) is 1.27. The maximum absolute atomic E-state index is 12.9. The third-order valence-electron chi connectivity index (χ3n) is 5.22. The summed E-state index contributed by atoms with van der Waals surface area (Å²) in [6.07, 6.45) is 1.69. The fourth-order valence-corrected chi connectivity index (χ4v) is 4.50. The Bertz CT molecular complexity index is 1070. The summed E-state index contributed by atoms with van der Waals surface area (Å²) >= 11 is 24.8. The molecule has 0 radical (unpaired) electrons. The zero-order valence-electron chi connectivity index (χ0n) is 17.0. The van der Waals surface area contributed by atoms with E-state index in [-0.39, 0.29) is 12.6 Å². The highest BCUT2D eigenvalue weighted by atomic mass is 35.5. The quantitative estimate of drug-likeness (QED) is 0.437. The van der Waals surface area contributed by atoms with Gasteiger partial charge in [0.1, 0.15) is 0 Å². The van der Waals surface area contributed by atoms with Gasteiger partial charge >= 0.3 is 0 Å². The normalized spacial score (nSPS) is 14.6. The van der Waals surface area contributed by atoms with Gasteiger partial charge in [0.2, 0.25) is 0 Å². The van der Waals surface area contributed by atoms with Gasteiger partial charge in [-0.15, -0.1) is 0 Å². The fourth-order valence-electron chi connectivity index (χ4n) is 3.48. The first-order valence-corrected chi connectivity index (χ1v) is 11.5. The number of hydrogen-bond acceptors (Lipinski definition) is 4. The van der Waals surface area contributed by atoms with Crippen LogP contribution in [-0.4, -0.2) is 51.7 Å². The first-order valence-electron chi connectivity index (χ1n) is 9.97. The molecule has 2 heterocycles. The maximum Gasteiger partial charge on any atom is 0.274 e. The summed E-state index contributed by atoms with van der Waals surface area (Å²) in [4.78, 5) is 16.9. The lowest BCUT2D eigenvalue weighted by atomic mass is 10.2. The van der Waals surface area contributed by atoms with Gasteiger partial charge in [-0.3, -0.25) is 9.69 Å². The summed E-state index contributed by atoms with van der Waals surface area (Å²) in [5, 5.41) is 6.47. The molecule has 1 aromatic heterocycles. The third-order valence-corrected chi connectivity index (χ3v) is 6.53. The summed E-state index contributed by atoms with van der Waals surface area (Å²) in [5.74, 6) is 0.268. The molecule has 1 fully saturated rings. The van der Waals surface area contributed by atoms with Crippen LogP contribution in [0.5, 0.6) is 5.75 Å². The molecular weight excluding hydrogens is 494 g/mol. The van der Waals surface area contributed by atoms with Gasteiger partial charge in [0.15, 0.2) is 18.2 Å². The first-order chi connectivity index (χ1) is 15.4. The van der Waals surface area contributed by atoms with E-state index in [4.69, 9.17) is 51.1 Å². The molecule has 2 aromatic carbocycles. The van der Waals surface area contributed by atoms with Gasteiger partial charge in [0, 0.05) is 54.5 Å². The van der Waals surface area contributed by atoms with E-state index in [1.807, 2.05) is 18.2 Å². The van der Waals surface area contributed by atoms with Gasteiger partial charge in [-0.1, -0.05) is 58.5 Å². The Balaban J connectivity index is 1.31. The first kappa shape index (κ1) is 23.2. The molecule has 0 saturated carbocycles. The smallest absolute Gasteiger partial charge is 0.274 e. The van der Waals surface area contributed by atoms with Gasteiger partial charge in [0.25, 0.3) is 5.91 Å². The summed E-state index contributed by atoms with van der Waals surface area (Å²) in [6, 6.07) is 12.3. The molecule has 32 heavy (non-hydrogen) atoms. The van der Waals surface area contributed by atoms with E-state index >= 15 is 0 Å². The van der Waals surface area contributed by atoms with E-state index in [1.54, 1.807) is 35.4 Å². The largest absolute Gasteiger partial charge is 0.468 e. The zero-order chi connectivity index (χ0) is 22.7. The molecule has 1 aliphatic rings. The van der Waals surface area contributed by atoms with Crippen LogP contribution in [0.3, 0.4) is 0 Å². The van der Waals surface area contributed by atoms with E-state index in [0.717, 1.165) is 18.7 Å². The number of piperazine rings is 1. The monoisotopic (exact) mass is 512 g/mol. The SMILES string of the molecule is O=C(c1ccn(COc2c(Cl)cccc2Cl)n1)N1CCN(Cc2c(Cl)cccc2Cl)CC1. The summed E-state index contributed by atoms with van der Waals surface area (Å²) in [6.45, 7) is 3.38. The van der Waals surface area contributed by atoms with Crippen molar-refractivity contribution in [3.8, 4) is 5.75 Å². The second kappa shape index (κ2) is 10.3. The van der Waals surface area contributed by atoms with Crippen molar-refractivity contribution in [1.29, 1.82) is 0 Å². The molecule has 1 saturated heterocycles. The Kier molecular flexibility index (Phi) is 7.48. The van der Waals surface area contributed by atoms with Gasteiger partial charge in [-0.25, -0.2) is 4.68 Å². The fraction of sp³-hybridized carbons (Fsp3) is 0.273. The second-order valence-corrected chi connectivity index (χ2v) is 8.96. The lowest BCUT2D eigenvalue weighted by Crippen LogP contribution is -2.48. The topological polar surface area (TPSA) is 50.6 Å². The second-order valence-electron chi connectivity index (χ2n) is 7.33. The number of halogens is 4. The van der Waals surface area contributed by atoms with Crippen molar-refractivity contribution >= 4 is 52.3 Å². The lowest BCUT2D eigenvalue weighted by molar-refractivity contribution is 0.0621. The molecule has 0 N–H and O–H groups in total. The molecule has 3 aromatic rings. The number of nitrogens with zero attached hydrogens (tertiary/aromatic N) is 4. The number of amides is 1. The molecule has 0 spiro atoms. The van der Waals surface area contributed by atoms with Crippen molar-refractivity contribution in [3.63, 3.8) is 0 Å². The van der Waals surface area contributed by atoms with Crippen LogP contribution in [0.4, 0.5) is 0 Å². The van der Waals surface area contributed by atoms with Crippen molar-refractivity contribution in [1.82, 2.24) is 19.6 Å². The molecule has 168 valence electrons. The highest BCUT2D eigenvalue weighted by molar-refractivity contribution is 6.37. The lowest BCUT2D eigenvalue weighted by Gasteiger charge is -2.34. The van der Waals surface area contributed by atoms with Crippen LogP contribution in [-0.2, 0) is 13.3 Å². The minimum Gasteiger partial charge on any atom is -0.468 e. The van der Waals surface area contributed by atoms with Gasteiger partial charge < -0.3 is 9.64 Å². The highest BCUT2D eigenvalue weighted by Crippen LogP contribution is 2.32. The molecule has 6 nitrogen and oxygen atoms in total. The average molecular weight is 514 g/mol. The van der Waals surface area contributed by atoms with Crippen molar-refractivity contribution in [2.45, 2.75) is 13.3 Å². The molecule has 0 bridgehead atoms. The van der Waals surface area contributed by atoms with Crippen LogP contribution in [0.25, 0.3) is 0 Å². The van der Waals surface area contributed by atoms with Crippen LogP contribution in [0.2, 0.25) is 20.1 Å². The average Bonchev–Trinajstić information content (AvgIpc) is 3.25. The van der Waals surface area contributed by atoms with E-state index in [9.17, 15) is 4.79 Å². The molecule has 0 aliphatic carbocycles.